The summed E-state index contributed by atoms with van der Waals surface area (Å²) in [6.45, 7) is 10.8. The third-order valence-corrected chi connectivity index (χ3v) is 7.54. The molecule has 0 radical (unpaired) electrons. The normalized spacial score (nSPS) is 16.2. The Labute approximate surface area is 241 Å². The maximum absolute atomic E-state index is 14.0. The van der Waals surface area contributed by atoms with Crippen molar-refractivity contribution in [3.63, 3.8) is 0 Å². The van der Waals surface area contributed by atoms with Crippen LogP contribution in [0.5, 0.6) is 0 Å². The Bertz CT molecular complexity index is 1550. The van der Waals surface area contributed by atoms with Gasteiger partial charge in [0.05, 0.1) is 23.7 Å². The first-order valence-corrected chi connectivity index (χ1v) is 14.4. The Kier molecular flexibility index (Phi) is 8.20. The van der Waals surface area contributed by atoms with Crippen LogP contribution in [-0.4, -0.2) is 55.2 Å². The largest absolute Gasteiger partial charge is 0.460 e. The van der Waals surface area contributed by atoms with Crippen LogP contribution in [0.3, 0.4) is 0 Å². The summed E-state index contributed by atoms with van der Waals surface area (Å²) in [5, 5.41) is 5.64. The predicted molar refractivity (Wildman–Crippen MR) is 159 cm³/mol. The summed E-state index contributed by atoms with van der Waals surface area (Å²) in [4.78, 5) is 38.0. The van der Waals surface area contributed by atoms with Gasteiger partial charge in [0.1, 0.15) is 5.60 Å². The molecule has 0 unspecified atom stereocenters. The molecule has 0 saturated carbocycles. The van der Waals surface area contributed by atoms with Crippen LogP contribution in [0.25, 0.3) is 16.7 Å². The summed E-state index contributed by atoms with van der Waals surface area (Å²) in [5.74, 6) is -0.659. The van der Waals surface area contributed by atoms with E-state index in [0.717, 1.165) is 58.6 Å². The monoisotopic (exact) mass is 553 g/mol. The van der Waals surface area contributed by atoms with E-state index < -0.39 is 11.5 Å². The molecular formula is C33H39N5O3. The fraction of sp³-hybridized carbons (Fsp3) is 0.424. The van der Waals surface area contributed by atoms with Crippen molar-refractivity contribution in [2.75, 3.05) is 13.1 Å². The first-order chi connectivity index (χ1) is 19.6. The highest BCUT2D eigenvalue weighted by molar-refractivity contribution is 5.88. The summed E-state index contributed by atoms with van der Waals surface area (Å²) in [7, 11) is 0. The molecule has 41 heavy (non-hydrogen) atoms. The highest BCUT2D eigenvalue weighted by Gasteiger charge is 2.34. The average Bonchev–Trinajstić information content (AvgIpc) is 3.55. The molecule has 8 nitrogen and oxygen atoms in total. The molecule has 1 fully saturated rings. The van der Waals surface area contributed by atoms with Crippen molar-refractivity contribution < 1.29 is 14.3 Å². The minimum atomic E-state index is -0.631. The Morgan fingerprint density at radius 3 is 2.66 bits per heavy atom. The number of esters is 1. The van der Waals surface area contributed by atoms with Crippen molar-refractivity contribution in [2.45, 2.75) is 71.8 Å². The van der Waals surface area contributed by atoms with E-state index in [1.54, 1.807) is 6.20 Å². The van der Waals surface area contributed by atoms with Gasteiger partial charge in [0.15, 0.2) is 5.65 Å². The molecule has 3 aromatic heterocycles. The van der Waals surface area contributed by atoms with Crippen molar-refractivity contribution in [1.82, 2.24) is 24.6 Å². The molecule has 1 aromatic carbocycles. The van der Waals surface area contributed by atoms with Crippen LogP contribution in [0.1, 0.15) is 68.6 Å². The first-order valence-electron chi connectivity index (χ1n) is 14.4. The minimum Gasteiger partial charge on any atom is -0.460 e. The molecule has 1 saturated heterocycles. The first kappa shape index (κ1) is 28.5. The molecule has 0 bridgehead atoms. The third-order valence-electron chi connectivity index (χ3n) is 7.54. The van der Waals surface area contributed by atoms with Crippen LogP contribution in [0.15, 0.2) is 60.8 Å². The van der Waals surface area contributed by atoms with E-state index in [-0.39, 0.29) is 18.3 Å². The number of likely N-dealkylation sites (tertiary alicyclic amines) is 1. The lowest BCUT2D eigenvalue weighted by molar-refractivity contribution is -0.157. The molecule has 5 rings (SSSR count). The van der Waals surface area contributed by atoms with Crippen LogP contribution >= 0.6 is 0 Å². The molecule has 0 spiro atoms. The Balaban J connectivity index is 1.31. The fourth-order valence-corrected chi connectivity index (χ4v) is 5.63. The summed E-state index contributed by atoms with van der Waals surface area (Å²) in [6, 6.07) is 17.9. The average molecular weight is 554 g/mol. The van der Waals surface area contributed by atoms with E-state index >= 15 is 0 Å². The van der Waals surface area contributed by atoms with Gasteiger partial charge >= 0.3 is 5.97 Å². The lowest BCUT2D eigenvalue weighted by atomic mass is 9.93. The maximum atomic E-state index is 14.0. The highest BCUT2D eigenvalue weighted by Crippen LogP contribution is 2.30. The van der Waals surface area contributed by atoms with Gasteiger partial charge in [0.2, 0.25) is 5.91 Å². The van der Waals surface area contributed by atoms with E-state index in [4.69, 9.17) is 9.72 Å². The standard InChI is InChI=1S/C33H39N5O3/c1-22-18-23(2)38(36-22)28-10-6-8-26(19-28)29(20-30(39)41-33(3,4)5)32(40)37-17-15-24(21-37)11-13-27-14-12-25-9-7-16-34-31(25)35-27/h6-10,12,14,16,18-19,24,29H,11,13,15,17,20-21H2,1-5H3/t24-,29+/m1/s1. The number of carbonyl (C=O) groups is 2. The number of ether oxygens (including phenoxy) is 1. The smallest absolute Gasteiger partial charge is 0.307 e. The van der Waals surface area contributed by atoms with Crippen LogP contribution < -0.4 is 0 Å². The zero-order chi connectivity index (χ0) is 29.1. The second kappa shape index (κ2) is 11.8. The predicted octanol–water partition coefficient (Wildman–Crippen LogP) is 5.73. The second-order valence-corrected chi connectivity index (χ2v) is 12.1. The van der Waals surface area contributed by atoms with Gasteiger partial charge in [-0.05, 0) is 108 Å². The van der Waals surface area contributed by atoms with E-state index in [2.05, 4.69) is 22.2 Å². The third kappa shape index (κ3) is 6.99. The van der Waals surface area contributed by atoms with Crippen molar-refractivity contribution in [3.05, 3.63) is 83.4 Å². The molecule has 1 aliphatic heterocycles. The lowest BCUT2D eigenvalue weighted by Gasteiger charge is -2.26. The molecule has 214 valence electrons. The van der Waals surface area contributed by atoms with Crippen molar-refractivity contribution in [3.8, 4) is 5.69 Å². The van der Waals surface area contributed by atoms with Gasteiger partial charge in [-0.1, -0.05) is 12.1 Å². The maximum Gasteiger partial charge on any atom is 0.307 e. The van der Waals surface area contributed by atoms with Crippen molar-refractivity contribution >= 4 is 22.9 Å². The second-order valence-electron chi connectivity index (χ2n) is 12.1. The van der Waals surface area contributed by atoms with Gasteiger partial charge < -0.3 is 9.64 Å². The van der Waals surface area contributed by atoms with Crippen molar-refractivity contribution in [2.24, 2.45) is 5.92 Å². The van der Waals surface area contributed by atoms with Crippen molar-refractivity contribution in [1.29, 1.82) is 0 Å². The number of hydrogen-bond acceptors (Lipinski definition) is 6. The molecule has 4 heterocycles. The van der Waals surface area contributed by atoms with Crippen LogP contribution in [0.2, 0.25) is 0 Å². The number of rotatable bonds is 8. The SMILES string of the molecule is Cc1cc(C)n(-c2cccc([C@H](CC(=O)OC(C)(C)C)C(=O)N3CC[C@@H](CCc4ccc5cccnc5n4)C3)c2)n1. The van der Waals surface area contributed by atoms with E-state index in [0.29, 0.717) is 19.0 Å². The molecule has 0 aliphatic carbocycles. The minimum absolute atomic E-state index is 0.00809. The summed E-state index contributed by atoms with van der Waals surface area (Å²) < 4.78 is 7.51. The molecule has 1 aliphatic rings. The number of carbonyl (C=O) groups excluding carboxylic acids is 2. The zero-order valence-electron chi connectivity index (χ0n) is 24.6. The van der Waals surface area contributed by atoms with E-state index in [9.17, 15) is 9.59 Å². The number of hydrogen-bond donors (Lipinski definition) is 0. The Morgan fingerprint density at radius 1 is 1.07 bits per heavy atom. The molecule has 8 heteroatoms. The van der Waals surface area contributed by atoms with E-state index in [1.165, 1.54) is 0 Å². The molecule has 0 N–H and O–H groups in total. The number of amides is 1. The van der Waals surface area contributed by atoms with Gasteiger partial charge in [0.25, 0.3) is 0 Å². The number of pyridine rings is 2. The summed E-state index contributed by atoms with van der Waals surface area (Å²) in [5.41, 5.74) is 4.75. The Morgan fingerprint density at radius 2 is 1.90 bits per heavy atom. The summed E-state index contributed by atoms with van der Waals surface area (Å²) >= 11 is 0. The van der Waals surface area contributed by atoms with Crippen LogP contribution in [-0.2, 0) is 20.7 Å². The lowest BCUT2D eigenvalue weighted by Crippen LogP contribution is -2.35. The molecule has 4 aromatic rings. The number of aromatic nitrogens is 4. The zero-order valence-corrected chi connectivity index (χ0v) is 24.6. The molecular weight excluding hydrogens is 514 g/mol. The number of aryl methyl sites for hydroxylation is 3. The van der Waals surface area contributed by atoms with Crippen LogP contribution in [0.4, 0.5) is 0 Å². The Hall–Kier alpha value is -4.07. The fourth-order valence-electron chi connectivity index (χ4n) is 5.63. The number of fused-ring (bicyclic) bond motifs is 1. The van der Waals surface area contributed by atoms with Gasteiger partial charge in [-0.2, -0.15) is 5.10 Å². The van der Waals surface area contributed by atoms with Gasteiger partial charge in [-0.3, -0.25) is 9.59 Å². The molecule has 1 amide bonds. The van der Waals surface area contributed by atoms with E-state index in [1.807, 2.05) is 86.7 Å². The topological polar surface area (TPSA) is 90.2 Å². The van der Waals surface area contributed by atoms with Gasteiger partial charge in [-0.25, -0.2) is 14.6 Å². The highest BCUT2D eigenvalue weighted by atomic mass is 16.6. The molecule has 2 atom stereocenters. The number of nitrogens with zero attached hydrogens (tertiary/aromatic N) is 5. The van der Waals surface area contributed by atoms with Crippen LogP contribution in [0, 0.1) is 19.8 Å². The summed E-state index contributed by atoms with van der Waals surface area (Å²) in [6.07, 6.45) is 4.47. The van der Waals surface area contributed by atoms with Gasteiger partial charge in [0, 0.05) is 36.1 Å². The quantitative estimate of drug-likeness (QED) is 0.259. The van der Waals surface area contributed by atoms with Gasteiger partial charge in [-0.15, -0.1) is 0 Å². The number of benzene rings is 1.